The van der Waals surface area contributed by atoms with Crippen molar-refractivity contribution in [1.82, 2.24) is 9.36 Å². The molecule has 56 valence electrons. The molecule has 0 amide bonds. The molecule has 0 bridgehead atoms. The molecule has 10 heavy (non-hydrogen) atoms. The highest BCUT2D eigenvalue weighted by Crippen LogP contribution is 2.18. The average molecular weight is 158 g/mol. The van der Waals surface area contributed by atoms with Crippen molar-refractivity contribution in [1.29, 1.82) is 0 Å². The van der Waals surface area contributed by atoms with Crippen LogP contribution < -0.4 is 0 Å². The molecule has 1 aromatic rings. The van der Waals surface area contributed by atoms with Crippen molar-refractivity contribution in [3.8, 4) is 0 Å². The highest BCUT2D eigenvalue weighted by Gasteiger charge is 2.13. The quantitative estimate of drug-likeness (QED) is 0.699. The summed E-state index contributed by atoms with van der Waals surface area (Å²) < 4.78 is 3.85. The highest BCUT2D eigenvalue weighted by atomic mass is 32.1. The summed E-state index contributed by atoms with van der Waals surface area (Å²) in [6, 6.07) is 0. The first-order valence-electron chi connectivity index (χ1n) is 3.16. The van der Waals surface area contributed by atoms with Crippen LogP contribution in [-0.4, -0.2) is 20.6 Å². The van der Waals surface area contributed by atoms with Crippen LogP contribution in [0.1, 0.15) is 24.8 Å². The molecule has 0 spiro atoms. The molecule has 0 aliphatic rings. The number of hydrogen-bond donors (Lipinski definition) is 1. The minimum absolute atomic E-state index is 0.104. The molecular formula is C6H10N2OS. The maximum atomic E-state index is 9.13. The van der Waals surface area contributed by atoms with Gasteiger partial charge in [-0.15, -0.1) is 0 Å². The van der Waals surface area contributed by atoms with Crippen LogP contribution in [0.3, 0.4) is 0 Å². The second-order valence-electron chi connectivity index (χ2n) is 2.31. The lowest BCUT2D eigenvalue weighted by atomic mass is 10.1. The Hall–Kier alpha value is -0.480. The van der Waals surface area contributed by atoms with Gasteiger partial charge in [0.1, 0.15) is 11.3 Å². The second-order valence-corrected chi connectivity index (χ2v) is 3.12. The molecule has 3 nitrogen and oxygen atoms in total. The van der Waals surface area contributed by atoms with Crippen LogP contribution in [0.5, 0.6) is 0 Å². The summed E-state index contributed by atoms with van der Waals surface area (Å²) in [7, 11) is 0. The Morgan fingerprint density at radius 2 is 2.30 bits per heavy atom. The Morgan fingerprint density at radius 1 is 1.60 bits per heavy atom. The number of rotatable bonds is 2. The van der Waals surface area contributed by atoms with Gasteiger partial charge in [0, 0.05) is 5.92 Å². The number of aliphatic hydroxyl groups excluding tert-OH is 1. The van der Waals surface area contributed by atoms with Gasteiger partial charge < -0.3 is 5.11 Å². The van der Waals surface area contributed by atoms with Crippen molar-refractivity contribution in [2.75, 3.05) is 0 Å². The number of aliphatic hydroxyl groups is 1. The largest absolute Gasteiger partial charge is 0.393 e. The molecule has 4 heteroatoms. The molecule has 1 N–H and O–H groups in total. The monoisotopic (exact) mass is 158 g/mol. The van der Waals surface area contributed by atoms with E-state index in [2.05, 4.69) is 9.36 Å². The van der Waals surface area contributed by atoms with Gasteiger partial charge in [-0.25, -0.2) is 4.98 Å². The Balaban J connectivity index is 2.68. The molecule has 1 aromatic heterocycles. The predicted octanol–water partition coefficient (Wildman–Crippen LogP) is 1.02. The van der Waals surface area contributed by atoms with Gasteiger partial charge in [-0.1, -0.05) is 6.92 Å². The fraction of sp³-hybridized carbons (Fsp3) is 0.667. The van der Waals surface area contributed by atoms with Gasteiger partial charge in [0.2, 0.25) is 0 Å². The lowest BCUT2D eigenvalue weighted by molar-refractivity contribution is 0.169. The minimum atomic E-state index is -0.340. The zero-order valence-electron chi connectivity index (χ0n) is 5.98. The smallest absolute Gasteiger partial charge is 0.129 e. The van der Waals surface area contributed by atoms with Crippen LogP contribution in [0.4, 0.5) is 0 Å². The van der Waals surface area contributed by atoms with E-state index in [-0.39, 0.29) is 12.0 Å². The molecule has 1 heterocycles. The van der Waals surface area contributed by atoms with Crippen molar-refractivity contribution in [2.45, 2.75) is 25.9 Å². The molecule has 0 aliphatic heterocycles. The molecule has 2 atom stereocenters. The van der Waals surface area contributed by atoms with E-state index in [1.165, 1.54) is 17.9 Å². The molecule has 0 aliphatic carbocycles. The highest BCUT2D eigenvalue weighted by molar-refractivity contribution is 7.05. The normalized spacial score (nSPS) is 16.7. The van der Waals surface area contributed by atoms with Gasteiger partial charge in [0.15, 0.2) is 0 Å². The minimum Gasteiger partial charge on any atom is -0.393 e. The molecule has 0 saturated heterocycles. The zero-order chi connectivity index (χ0) is 7.56. The molecule has 0 fully saturated rings. The molecule has 0 aromatic carbocycles. The molecule has 0 radical (unpaired) electrons. The van der Waals surface area contributed by atoms with E-state index < -0.39 is 0 Å². The van der Waals surface area contributed by atoms with Crippen molar-refractivity contribution >= 4 is 11.5 Å². The maximum Gasteiger partial charge on any atom is 0.129 e. The van der Waals surface area contributed by atoms with E-state index in [0.29, 0.717) is 0 Å². The van der Waals surface area contributed by atoms with E-state index >= 15 is 0 Å². The summed E-state index contributed by atoms with van der Waals surface area (Å²) in [6.45, 7) is 3.69. The molecule has 0 saturated carbocycles. The summed E-state index contributed by atoms with van der Waals surface area (Å²) in [5.41, 5.74) is 0. The average Bonchev–Trinajstić information content (AvgIpc) is 2.36. The van der Waals surface area contributed by atoms with Crippen molar-refractivity contribution in [2.24, 2.45) is 0 Å². The van der Waals surface area contributed by atoms with Crippen LogP contribution in [0.15, 0.2) is 6.33 Å². The van der Waals surface area contributed by atoms with E-state index in [0.717, 1.165) is 5.01 Å². The van der Waals surface area contributed by atoms with Gasteiger partial charge >= 0.3 is 0 Å². The summed E-state index contributed by atoms with van der Waals surface area (Å²) >= 11 is 1.34. The SMILES string of the molecule is CC(O)C(C)c1ncns1. The van der Waals surface area contributed by atoms with Crippen molar-refractivity contribution in [3.63, 3.8) is 0 Å². The maximum absolute atomic E-state index is 9.13. The van der Waals surface area contributed by atoms with Gasteiger partial charge in [-0.2, -0.15) is 4.37 Å². The number of nitrogens with zero attached hydrogens (tertiary/aromatic N) is 2. The Labute approximate surface area is 63.9 Å². The lowest BCUT2D eigenvalue weighted by Gasteiger charge is -2.09. The third-order valence-corrected chi connectivity index (χ3v) is 2.36. The molecule has 2 unspecified atom stereocenters. The van der Waals surface area contributed by atoms with Crippen LogP contribution >= 0.6 is 11.5 Å². The third-order valence-electron chi connectivity index (χ3n) is 1.49. The lowest BCUT2D eigenvalue weighted by Crippen LogP contribution is -2.10. The van der Waals surface area contributed by atoms with Gasteiger partial charge in [-0.05, 0) is 18.5 Å². The first-order valence-corrected chi connectivity index (χ1v) is 3.94. The van der Waals surface area contributed by atoms with Gasteiger partial charge in [-0.3, -0.25) is 0 Å². The first-order chi connectivity index (χ1) is 4.72. The summed E-state index contributed by atoms with van der Waals surface area (Å²) in [5, 5.41) is 10.0. The topological polar surface area (TPSA) is 46.0 Å². The number of aromatic nitrogens is 2. The predicted molar refractivity (Wildman–Crippen MR) is 40.0 cm³/mol. The molecular weight excluding hydrogens is 148 g/mol. The van der Waals surface area contributed by atoms with Gasteiger partial charge in [0.05, 0.1) is 6.10 Å². The van der Waals surface area contributed by atoms with Gasteiger partial charge in [0.25, 0.3) is 0 Å². The van der Waals surface area contributed by atoms with E-state index in [4.69, 9.17) is 5.11 Å². The Kier molecular flexibility index (Phi) is 2.34. The molecule has 1 rings (SSSR count). The standard InChI is InChI=1S/C6H10N2OS/c1-4(5(2)9)6-7-3-8-10-6/h3-5,9H,1-2H3. The fourth-order valence-corrected chi connectivity index (χ4v) is 1.25. The van der Waals surface area contributed by atoms with Crippen LogP contribution in [0.2, 0.25) is 0 Å². The Morgan fingerprint density at radius 3 is 2.70 bits per heavy atom. The summed E-state index contributed by atoms with van der Waals surface area (Å²) in [4.78, 5) is 3.98. The zero-order valence-corrected chi connectivity index (χ0v) is 6.80. The second kappa shape index (κ2) is 3.07. The Bertz CT molecular complexity index is 186. The van der Waals surface area contributed by atoms with E-state index in [9.17, 15) is 0 Å². The summed E-state index contributed by atoms with van der Waals surface area (Å²) in [5.74, 6) is 0.104. The van der Waals surface area contributed by atoms with Crippen molar-refractivity contribution < 1.29 is 5.11 Å². The van der Waals surface area contributed by atoms with Crippen LogP contribution in [0.25, 0.3) is 0 Å². The third kappa shape index (κ3) is 1.52. The van der Waals surface area contributed by atoms with Crippen LogP contribution in [-0.2, 0) is 0 Å². The van der Waals surface area contributed by atoms with E-state index in [1.54, 1.807) is 6.92 Å². The van der Waals surface area contributed by atoms with Crippen molar-refractivity contribution in [3.05, 3.63) is 11.3 Å². The first kappa shape index (κ1) is 7.63. The van der Waals surface area contributed by atoms with E-state index in [1.807, 2.05) is 6.92 Å². The fourth-order valence-electron chi connectivity index (χ4n) is 0.589. The van der Waals surface area contributed by atoms with Crippen LogP contribution in [0, 0.1) is 0 Å². The summed E-state index contributed by atoms with van der Waals surface area (Å²) in [6.07, 6.45) is 1.17. The number of hydrogen-bond acceptors (Lipinski definition) is 4.